The Labute approximate surface area is 128 Å². The van der Waals surface area contributed by atoms with Crippen molar-refractivity contribution in [3.63, 3.8) is 0 Å². The van der Waals surface area contributed by atoms with Crippen LogP contribution in [0.5, 0.6) is 0 Å². The molecule has 120 valence electrons. The Morgan fingerprint density at radius 3 is 2.48 bits per heavy atom. The molecule has 5 nitrogen and oxygen atoms in total. The molecule has 3 atom stereocenters. The Morgan fingerprint density at radius 1 is 1.33 bits per heavy atom. The van der Waals surface area contributed by atoms with E-state index in [1.54, 1.807) is 0 Å². The van der Waals surface area contributed by atoms with Gasteiger partial charge in [0.25, 0.3) is 0 Å². The summed E-state index contributed by atoms with van der Waals surface area (Å²) in [5, 5.41) is 7.72. The summed E-state index contributed by atoms with van der Waals surface area (Å²) >= 11 is 0. The Balaban J connectivity index is 2.29. The van der Waals surface area contributed by atoms with Crippen LogP contribution in [0.3, 0.4) is 0 Å². The highest BCUT2D eigenvalue weighted by Gasteiger charge is 2.34. The molecule has 0 spiro atoms. The molecule has 1 N–H and O–H groups in total. The molecule has 6 heteroatoms. The molecular weight excluding hydrogens is 286 g/mol. The molecule has 21 heavy (non-hydrogen) atoms. The Bertz CT molecular complexity index is 607. The highest BCUT2D eigenvalue weighted by atomic mass is 32.2. The smallest absolute Gasteiger partial charge is 0.150 e. The highest BCUT2D eigenvalue weighted by Crippen LogP contribution is 2.38. The van der Waals surface area contributed by atoms with Crippen molar-refractivity contribution in [3.8, 4) is 0 Å². The van der Waals surface area contributed by atoms with Gasteiger partial charge in [0.1, 0.15) is 9.84 Å². The van der Waals surface area contributed by atoms with E-state index in [9.17, 15) is 8.42 Å². The second kappa shape index (κ2) is 6.08. The number of rotatable bonds is 4. The maximum atomic E-state index is 11.9. The molecular formula is C15H27N3O2S. The van der Waals surface area contributed by atoms with Crippen LogP contribution in [0.2, 0.25) is 0 Å². The summed E-state index contributed by atoms with van der Waals surface area (Å²) in [6.45, 7) is 4.11. The van der Waals surface area contributed by atoms with Gasteiger partial charge in [0, 0.05) is 30.6 Å². The summed E-state index contributed by atoms with van der Waals surface area (Å²) in [6, 6.07) is 0.184. The van der Waals surface area contributed by atoms with Gasteiger partial charge >= 0.3 is 0 Å². The zero-order chi connectivity index (χ0) is 15.8. The van der Waals surface area contributed by atoms with Crippen LogP contribution in [0.15, 0.2) is 0 Å². The number of nitrogens with one attached hydrogen (secondary N) is 1. The normalized spacial score (nSPS) is 25.0. The predicted molar refractivity (Wildman–Crippen MR) is 85.1 cm³/mol. The summed E-state index contributed by atoms with van der Waals surface area (Å²) in [5.41, 5.74) is 3.43. The van der Waals surface area contributed by atoms with E-state index in [4.69, 9.17) is 0 Å². The molecule has 1 aliphatic rings. The standard InChI is InChI=1S/C15H27N3O2S/c1-10-14(11(2)18(4)17-10)15(16-3)12-7-6-8-13(9-12)21(5,19)20/h12-13,15-16H,6-9H2,1-5H3. The number of aromatic nitrogens is 2. The van der Waals surface area contributed by atoms with E-state index in [1.807, 2.05) is 25.7 Å². The van der Waals surface area contributed by atoms with Crippen molar-refractivity contribution in [1.82, 2.24) is 15.1 Å². The van der Waals surface area contributed by atoms with E-state index < -0.39 is 9.84 Å². The van der Waals surface area contributed by atoms with Crippen LogP contribution in [0.25, 0.3) is 0 Å². The van der Waals surface area contributed by atoms with Gasteiger partial charge in [-0.25, -0.2) is 8.42 Å². The van der Waals surface area contributed by atoms with Gasteiger partial charge in [0.05, 0.1) is 10.9 Å². The maximum Gasteiger partial charge on any atom is 0.150 e. The fraction of sp³-hybridized carbons (Fsp3) is 0.800. The maximum absolute atomic E-state index is 11.9. The van der Waals surface area contributed by atoms with Crippen LogP contribution in [-0.4, -0.2) is 36.8 Å². The molecule has 0 bridgehead atoms. The first kappa shape index (κ1) is 16.5. The van der Waals surface area contributed by atoms with Gasteiger partial charge in [-0.3, -0.25) is 4.68 Å². The van der Waals surface area contributed by atoms with Crippen LogP contribution in [0.4, 0.5) is 0 Å². The molecule has 1 aromatic heterocycles. The number of hydrogen-bond acceptors (Lipinski definition) is 4. The third-order valence-corrected chi connectivity index (χ3v) is 6.57. The van der Waals surface area contributed by atoms with Crippen LogP contribution in [0, 0.1) is 19.8 Å². The van der Waals surface area contributed by atoms with Gasteiger partial charge in [0.15, 0.2) is 0 Å². The lowest BCUT2D eigenvalue weighted by Crippen LogP contribution is -2.34. The summed E-state index contributed by atoms with van der Waals surface area (Å²) in [6.07, 6.45) is 4.98. The molecule has 0 aromatic carbocycles. The Morgan fingerprint density at radius 2 is 2.00 bits per heavy atom. The monoisotopic (exact) mass is 313 g/mol. The minimum Gasteiger partial charge on any atom is -0.313 e. The van der Waals surface area contributed by atoms with E-state index in [2.05, 4.69) is 17.3 Å². The third kappa shape index (κ3) is 3.31. The van der Waals surface area contributed by atoms with Crippen molar-refractivity contribution in [2.75, 3.05) is 13.3 Å². The van der Waals surface area contributed by atoms with Crippen molar-refractivity contribution in [2.45, 2.75) is 50.8 Å². The molecule has 1 fully saturated rings. The first-order valence-electron chi connectivity index (χ1n) is 7.62. The van der Waals surface area contributed by atoms with E-state index in [1.165, 1.54) is 11.8 Å². The molecule has 1 saturated carbocycles. The van der Waals surface area contributed by atoms with Crippen LogP contribution >= 0.6 is 0 Å². The van der Waals surface area contributed by atoms with Crippen LogP contribution in [-0.2, 0) is 16.9 Å². The van der Waals surface area contributed by atoms with Gasteiger partial charge in [-0.05, 0) is 46.1 Å². The topological polar surface area (TPSA) is 64.0 Å². The molecule has 1 heterocycles. The SMILES string of the molecule is CNC(c1c(C)nn(C)c1C)C1CCCC(S(C)(=O)=O)C1. The highest BCUT2D eigenvalue weighted by molar-refractivity contribution is 7.91. The molecule has 0 amide bonds. The van der Waals surface area contributed by atoms with Crippen molar-refractivity contribution in [1.29, 1.82) is 0 Å². The molecule has 3 unspecified atom stereocenters. The van der Waals surface area contributed by atoms with Gasteiger partial charge in [-0.1, -0.05) is 6.42 Å². The summed E-state index contributed by atoms with van der Waals surface area (Å²) in [7, 11) is 0.970. The first-order valence-corrected chi connectivity index (χ1v) is 9.57. The second-order valence-electron chi connectivity index (χ2n) is 6.35. The fourth-order valence-corrected chi connectivity index (χ4v) is 4.92. The fourth-order valence-electron chi connectivity index (χ4n) is 3.73. The average Bonchev–Trinajstić information content (AvgIpc) is 2.66. The number of nitrogens with zero attached hydrogens (tertiary/aromatic N) is 2. The lowest BCUT2D eigenvalue weighted by molar-refractivity contribution is 0.281. The van der Waals surface area contributed by atoms with Gasteiger partial charge < -0.3 is 5.32 Å². The Hall–Kier alpha value is -0.880. The molecule has 2 rings (SSSR count). The van der Waals surface area contributed by atoms with Crippen molar-refractivity contribution >= 4 is 9.84 Å². The molecule has 0 saturated heterocycles. The minimum absolute atomic E-state index is 0.184. The largest absolute Gasteiger partial charge is 0.313 e. The van der Waals surface area contributed by atoms with Crippen molar-refractivity contribution in [3.05, 3.63) is 17.0 Å². The lowest BCUT2D eigenvalue weighted by atomic mass is 9.80. The number of aryl methyl sites for hydroxylation is 2. The van der Waals surface area contributed by atoms with E-state index in [0.717, 1.165) is 37.1 Å². The minimum atomic E-state index is -2.95. The van der Waals surface area contributed by atoms with E-state index in [-0.39, 0.29) is 11.3 Å². The number of sulfone groups is 1. The second-order valence-corrected chi connectivity index (χ2v) is 8.68. The van der Waals surface area contributed by atoms with Gasteiger partial charge in [-0.15, -0.1) is 0 Å². The summed E-state index contributed by atoms with van der Waals surface area (Å²) < 4.78 is 25.7. The van der Waals surface area contributed by atoms with Crippen LogP contribution < -0.4 is 5.32 Å². The van der Waals surface area contributed by atoms with E-state index >= 15 is 0 Å². The Kier molecular flexibility index (Phi) is 4.78. The van der Waals surface area contributed by atoms with Crippen molar-refractivity contribution < 1.29 is 8.42 Å². The summed E-state index contributed by atoms with van der Waals surface area (Å²) in [4.78, 5) is 0. The summed E-state index contributed by atoms with van der Waals surface area (Å²) in [5.74, 6) is 0.352. The van der Waals surface area contributed by atoms with Gasteiger partial charge in [0.2, 0.25) is 0 Å². The van der Waals surface area contributed by atoms with Crippen molar-refractivity contribution in [2.24, 2.45) is 13.0 Å². The molecule has 1 aromatic rings. The zero-order valence-corrected chi connectivity index (χ0v) is 14.5. The first-order chi connectivity index (χ1) is 9.75. The van der Waals surface area contributed by atoms with E-state index in [0.29, 0.717) is 5.92 Å². The van der Waals surface area contributed by atoms with Gasteiger partial charge in [-0.2, -0.15) is 5.10 Å². The number of hydrogen-bond donors (Lipinski definition) is 1. The predicted octanol–water partition coefficient (Wildman–Crippen LogP) is 1.90. The lowest BCUT2D eigenvalue weighted by Gasteiger charge is -2.34. The third-order valence-electron chi connectivity index (χ3n) is 4.93. The zero-order valence-electron chi connectivity index (χ0n) is 13.7. The molecule has 0 aliphatic heterocycles. The molecule has 1 aliphatic carbocycles. The quantitative estimate of drug-likeness (QED) is 0.922. The van der Waals surface area contributed by atoms with Crippen LogP contribution in [0.1, 0.15) is 48.7 Å². The molecule has 0 radical (unpaired) electrons. The average molecular weight is 313 g/mol.